The zero-order valence-corrected chi connectivity index (χ0v) is 17.3. The molecule has 1 N–H and O–H groups in total. The molecule has 1 spiro atoms. The van der Waals surface area contributed by atoms with E-state index >= 15 is 0 Å². The summed E-state index contributed by atoms with van der Waals surface area (Å²) in [6, 6.07) is 2.30. The number of hydrogen-bond acceptors (Lipinski definition) is 4. The Hall–Kier alpha value is -0.920. The van der Waals surface area contributed by atoms with Crippen LogP contribution in [0.1, 0.15) is 73.1 Å². The highest BCUT2D eigenvalue weighted by atomic mass is 16.6. The van der Waals surface area contributed by atoms with Crippen molar-refractivity contribution in [1.29, 1.82) is 5.26 Å². The summed E-state index contributed by atoms with van der Waals surface area (Å²) in [7, 11) is 0. The number of epoxide rings is 1. The van der Waals surface area contributed by atoms with Crippen molar-refractivity contribution in [3.8, 4) is 6.07 Å². The molecule has 5 unspecified atom stereocenters. The highest BCUT2D eigenvalue weighted by Gasteiger charge is 2.86. The van der Waals surface area contributed by atoms with E-state index in [1.165, 1.54) is 0 Å². The first kappa shape index (κ1) is 18.1. The van der Waals surface area contributed by atoms with Gasteiger partial charge in [-0.3, -0.25) is 4.79 Å². The smallest absolute Gasteiger partial charge is 0.184 e. The number of nitrogens with zero attached hydrogens (tertiary/aromatic N) is 1. The number of aliphatic hydroxyl groups is 1. The van der Waals surface area contributed by atoms with E-state index in [4.69, 9.17) is 4.74 Å². The van der Waals surface area contributed by atoms with E-state index < -0.39 is 17.1 Å². The Labute approximate surface area is 162 Å². The molecule has 5 aliphatic rings. The maximum atomic E-state index is 13.0. The van der Waals surface area contributed by atoms with Crippen molar-refractivity contribution in [2.24, 2.45) is 40.4 Å². The monoisotopic (exact) mass is 371 g/mol. The van der Waals surface area contributed by atoms with E-state index in [-0.39, 0.29) is 22.2 Å². The molecule has 1 saturated heterocycles. The molecule has 4 saturated carbocycles. The summed E-state index contributed by atoms with van der Waals surface area (Å²) in [6.45, 7) is 10.9. The van der Waals surface area contributed by atoms with E-state index in [0.29, 0.717) is 30.1 Å². The Balaban J connectivity index is 1.59. The maximum absolute atomic E-state index is 13.0. The van der Waals surface area contributed by atoms with Crippen LogP contribution in [0.3, 0.4) is 0 Å². The first-order chi connectivity index (χ1) is 12.5. The number of carbonyl (C=O) groups is 1. The summed E-state index contributed by atoms with van der Waals surface area (Å²) < 4.78 is 6.39. The van der Waals surface area contributed by atoms with E-state index in [1.807, 2.05) is 13.8 Å². The van der Waals surface area contributed by atoms with Crippen molar-refractivity contribution in [1.82, 2.24) is 0 Å². The zero-order chi connectivity index (χ0) is 19.6. The number of ketones is 1. The Morgan fingerprint density at radius 1 is 1.11 bits per heavy atom. The van der Waals surface area contributed by atoms with E-state index in [9.17, 15) is 15.2 Å². The van der Waals surface area contributed by atoms with Crippen LogP contribution in [0.15, 0.2) is 0 Å². The van der Waals surface area contributed by atoms with Crippen LogP contribution in [0, 0.1) is 51.8 Å². The first-order valence-corrected chi connectivity index (χ1v) is 10.8. The molecule has 4 nitrogen and oxygen atoms in total. The lowest BCUT2D eigenvalue weighted by molar-refractivity contribution is -0.165. The van der Waals surface area contributed by atoms with Crippen LogP contribution in [0.4, 0.5) is 0 Å². The van der Waals surface area contributed by atoms with Crippen LogP contribution in [0.5, 0.6) is 0 Å². The lowest BCUT2D eigenvalue weighted by Crippen LogP contribution is -2.65. The number of carbonyl (C=O) groups excluding carboxylic acids is 1. The van der Waals surface area contributed by atoms with Gasteiger partial charge in [0.25, 0.3) is 0 Å². The maximum Gasteiger partial charge on any atom is 0.184 e. The third-order valence-corrected chi connectivity index (χ3v) is 10.6. The lowest BCUT2D eigenvalue weighted by atomic mass is 9.40. The van der Waals surface area contributed by atoms with Gasteiger partial charge in [0.15, 0.2) is 11.4 Å². The van der Waals surface area contributed by atoms with Crippen LogP contribution < -0.4 is 0 Å². The van der Waals surface area contributed by atoms with Gasteiger partial charge in [0, 0.05) is 5.41 Å². The largest absolute Gasteiger partial charge is 0.390 e. The van der Waals surface area contributed by atoms with Gasteiger partial charge in [-0.2, -0.15) is 5.26 Å². The summed E-state index contributed by atoms with van der Waals surface area (Å²) in [5.74, 6) is 1.35. The topological polar surface area (TPSA) is 73.6 Å². The Morgan fingerprint density at radius 2 is 1.74 bits per heavy atom. The number of Topliss-reactive ketones (excluding diaryl/α,β-unsaturated/α-hetero) is 1. The Morgan fingerprint density at radius 3 is 2.41 bits per heavy atom. The van der Waals surface area contributed by atoms with Gasteiger partial charge in [-0.05, 0) is 81.5 Å². The zero-order valence-electron chi connectivity index (χ0n) is 17.3. The van der Waals surface area contributed by atoms with Gasteiger partial charge in [-0.15, -0.1) is 0 Å². The standard InChI is InChI=1S/C23H33NO3/c1-13-10-15-16-7-9-21(4,26)19(16,2)8-6-17(15)20(3)11-14(12-24)18(25)22(5)23(13,20)27-22/h13-17,26H,6-11H2,1-5H3/t13?,14?,15-,16-,17+,19-,20+,21?,22?,23?/m0/s1. The molecule has 1 heterocycles. The van der Waals surface area contributed by atoms with Gasteiger partial charge in [-0.1, -0.05) is 20.8 Å². The number of rotatable bonds is 0. The second-order valence-corrected chi connectivity index (χ2v) is 11.3. The number of ether oxygens (including phenoxy) is 1. The molecular weight excluding hydrogens is 338 g/mol. The second-order valence-electron chi connectivity index (χ2n) is 11.3. The van der Waals surface area contributed by atoms with Crippen molar-refractivity contribution in [3.63, 3.8) is 0 Å². The number of hydrogen-bond donors (Lipinski definition) is 1. The highest BCUT2D eigenvalue weighted by molar-refractivity contribution is 5.96. The predicted molar refractivity (Wildman–Crippen MR) is 101 cm³/mol. The van der Waals surface area contributed by atoms with Crippen molar-refractivity contribution >= 4 is 5.78 Å². The molecule has 4 aliphatic carbocycles. The summed E-state index contributed by atoms with van der Waals surface area (Å²) in [5.41, 5.74) is -1.88. The number of nitriles is 1. The second kappa shape index (κ2) is 4.79. The van der Waals surface area contributed by atoms with Crippen molar-refractivity contribution in [2.75, 3.05) is 0 Å². The molecule has 0 radical (unpaired) electrons. The SMILES string of the molecule is CC1C[C@@H]2[C@@H](CC[C@@]3(C)[C@H]2CCC3(C)O)[C@@]2(C)CC(C#N)C(=O)C3(C)OC132. The molecule has 0 aromatic rings. The van der Waals surface area contributed by atoms with E-state index in [0.717, 1.165) is 32.1 Å². The normalized spacial score (nSPS) is 64.0. The van der Waals surface area contributed by atoms with Crippen molar-refractivity contribution < 1.29 is 14.6 Å². The Kier molecular flexibility index (Phi) is 3.22. The fraction of sp³-hybridized carbons (Fsp3) is 0.913. The average Bonchev–Trinajstić information content (AvgIpc) is 3.19. The minimum absolute atomic E-state index is 0.0113. The van der Waals surface area contributed by atoms with Crippen LogP contribution in [-0.2, 0) is 9.53 Å². The third-order valence-electron chi connectivity index (χ3n) is 10.6. The molecule has 0 amide bonds. The van der Waals surface area contributed by atoms with Crippen molar-refractivity contribution in [2.45, 2.75) is 89.9 Å². The third kappa shape index (κ3) is 1.68. The van der Waals surface area contributed by atoms with Crippen LogP contribution in [0.25, 0.3) is 0 Å². The molecule has 5 fully saturated rings. The molecule has 1 aliphatic heterocycles. The van der Waals surface area contributed by atoms with Crippen LogP contribution in [-0.4, -0.2) is 27.7 Å². The molecule has 4 heteroatoms. The first-order valence-electron chi connectivity index (χ1n) is 10.8. The molecule has 0 aromatic heterocycles. The molecular formula is C23H33NO3. The molecule has 27 heavy (non-hydrogen) atoms. The average molecular weight is 372 g/mol. The predicted octanol–water partition coefficient (Wildman–Crippen LogP) is 3.87. The number of fused-ring (bicyclic) bond motifs is 4. The summed E-state index contributed by atoms with van der Waals surface area (Å²) in [6.07, 6.45) is 5.82. The minimum atomic E-state index is -0.771. The van der Waals surface area contributed by atoms with Crippen molar-refractivity contribution in [3.05, 3.63) is 0 Å². The molecule has 0 aromatic carbocycles. The van der Waals surface area contributed by atoms with Gasteiger partial charge in [0.2, 0.25) is 0 Å². The summed E-state index contributed by atoms with van der Waals surface area (Å²) in [5, 5.41) is 20.8. The van der Waals surface area contributed by atoms with Gasteiger partial charge >= 0.3 is 0 Å². The van der Waals surface area contributed by atoms with Gasteiger partial charge in [-0.25, -0.2) is 0 Å². The summed E-state index contributed by atoms with van der Waals surface area (Å²) >= 11 is 0. The Bertz CT molecular complexity index is 770. The molecule has 148 valence electrons. The molecule has 10 atom stereocenters. The van der Waals surface area contributed by atoms with Gasteiger partial charge < -0.3 is 9.84 Å². The van der Waals surface area contributed by atoms with E-state index in [2.05, 4.69) is 26.8 Å². The highest BCUT2D eigenvalue weighted by Crippen LogP contribution is 2.77. The van der Waals surface area contributed by atoms with Gasteiger partial charge in [0.05, 0.1) is 11.7 Å². The van der Waals surface area contributed by atoms with E-state index in [1.54, 1.807) is 0 Å². The fourth-order valence-corrected chi connectivity index (χ4v) is 9.08. The lowest BCUT2D eigenvalue weighted by Gasteiger charge is -2.62. The fourth-order valence-electron chi connectivity index (χ4n) is 9.08. The quantitative estimate of drug-likeness (QED) is 0.656. The molecule has 5 rings (SSSR count). The van der Waals surface area contributed by atoms with Crippen LogP contribution >= 0.6 is 0 Å². The van der Waals surface area contributed by atoms with Gasteiger partial charge in [0.1, 0.15) is 11.5 Å². The van der Waals surface area contributed by atoms with Crippen LogP contribution in [0.2, 0.25) is 0 Å². The minimum Gasteiger partial charge on any atom is -0.390 e. The molecule has 0 bridgehead atoms. The summed E-state index contributed by atoms with van der Waals surface area (Å²) in [4.78, 5) is 13.0.